The van der Waals surface area contributed by atoms with Crippen molar-refractivity contribution in [2.75, 3.05) is 5.43 Å². The zero-order chi connectivity index (χ0) is 17.1. The molecule has 0 radical (unpaired) electrons. The van der Waals surface area contributed by atoms with Gasteiger partial charge in [0.1, 0.15) is 0 Å². The fraction of sp³-hybridized carbons (Fsp3) is 0.400. The Kier molecular flexibility index (Phi) is 4.88. The molecule has 0 heterocycles. The zero-order valence-corrected chi connectivity index (χ0v) is 15.0. The van der Waals surface area contributed by atoms with Crippen LogP contribution >= 0.6 is 0 Å². The molecular weight excluding hydrogens is 282 g/mol. The van der Waals surface area contributed by atoms with Gasteiger partial charge in [0.15, 0.2) is 0 Å². The molecule has 2 aromatic carbocycles. The maximum Gasteiger partial charge on any atom is 0.0877 e. The Morgan fingerprint density at radius 2 is 1.30 bits per heavy atom. The topological polar surface area (TPSA) is 36.8 Å². The Labute approximate surface area is 139 Å². The Balaban J connectivity index is 2.11. The monoisotopic (exact) mass is 309 g/mol. The van der Waals surface area contributed by atoms with E-state index in [4.69, 9.17) is 0 Å². The molecule has 2 rings (SSSR count). The van der Waals surface area contributed by atoms with E-state index in [1.54, 1.807) is 0 Å². The summed E-state index contributed by atoms with van der Waals surface area (Å²) in [6.07, 6.45) is 0. The molecule has 0 aliphatic carbocycles. The number of hydrogen-bond donors (Lipinski definition) is 1. The molecule has 122 valence electrons. The number of nitrogens with zero attached hydrogens (tertiary/aromatic N) is 2. The summed E-state index contributed by atoms with van der Waals surface area (Å²) in [7, 11) is 0. The average Bonchev–Trinajstić information content (AvgIpc) is 2.46. The highest BCUT2D eigenvalue weighted by molar-refractivity contribution is 5.47. The normalized spacial score (nSPS) is 12.6. The fourth-order valence-electron chi connectivity index (χ4n) is 2.23. The van der Waals surface area contributed by atoms with Gasteiger partial charge in [-0.25, -0.2) is 0 Å². The first-order valence-corrected chi connectivity index (χ1v) is 8.04. The van der Waals surface area contributed by atoms with Crippen molar-refractivity contribution >= 4 is 11.4 Å². The first-order chi connectivity index (χ1) is 10.7. The molecule has 0 spiro atoms. The molecule has 1 N–H and O–H groups in total. The van der Waals surface area contributed by atoms with Crippen LogP contribution in [0.15, 0.2) is 58.9 Å². The number of hydrogen-bond acceptors (Lipinski definition) is 2. The molecule has 0 aliphatic heterocycles. The average molecular weight is 309 g/mol. The smallest absolute Gasteiger partial charge is 0.0877 e. The van der Waals surface area contributed by atoms with Gasteiger partial charge in [-0.05, 0) is 46.2 Å². The molecule has 0 aromatic heterocycles. The minimum atomic E-state index is 0.111. The van der Waals surface area contributed by atoms with E-state index in [9.17, 15) is 0 Å². The molecule has 0 aliphatic rings. The lowest BCUT2D eigenvalue weighted by molar-refractivity contribution is 0.590. The van der Waals surface area contributed by atoms with Crippen molar-refractivity contribution in [3.63, 3.8) is 0 Å². The third kappa shape index (κ3) is 4.92. The number of nitrogens with one attached hydrogen (secondary N) is 1. The number of benzene rings is 2. The summed E-state index contributed by atoms with van der Waals surface area (Å²) in [5.74, 6) is 0. The van der Waals surface area contributed by atoms with Crippen LogP contribution in [0.2, 0.25) is 0 Å². The molecule has 0 unspecified atom stereocenters. The standard InChI is InChI=1S/C20H27N3/c1-19(2,3)15-9-7-11-17(13-15)21-23-22-18-12-8-10-16(14-18)20(4,5)6/h7-14H,1-6H3,(H,21,22). The van der Waals surface area contributed by atoms with E-state index >= 15 is 0 Å². The first-order valence-electron chi connectivity index (χ1n) is 8.04. The molecule has 0 saturated carbocycles. The lowest BCUT2D eigenvalue weighted by atomic mass is 9.87. The predicted molar refractivity (Wildman–Crippen MR) is 98.4 cm³/mol. The summed E-state index contributed by atoms with van der Waals surface area (Å²) in [5.41, 5.74) is 7.59. The molecule has 23 heavy (non-hydrogen) atoms. The Morgan fingerprint density at radius 3 is 1.91 bits per heavy atom. The predicted octanol–water partition coefficient (Wildman–Crippen LogP) is 6.39. The Morgan fingerprint density at radius 1 is 0.739 bits per heavy atom. The summed E-state index contributed by atoms with van der Waals surface area (Å²) >= 11 is 0. The summed E-state index contributed by atoms with van der Waals surface area (Å²) in [5, 5.41) is 8.41. The maximum atomic E-state index is 4.28. The van der Waals surface area contributed by atoms with E-state index < -0.39 is 0 Å². The van der Waals surface area contributed by atoms with E-state index in [1.807, 2.05) is 24.3 Å². The van der Waals surface area contributed by atoms with Gasteiger partial charge >= 0.3 is 0 Å². The SMILES string of the molecule is CC(C)(C)c1cccc(/N=N/Nc2cccc(C(C)(C)C)c2)c1. The second-order valence-corrected chi connectivity index (χ2v) is 7.94. The van der Waals surface area contributed by atoms with Crippen molar-refractivity contribution in [3.05, 3.63) is 59.7 Å². The van der Waals surface area contributed by atoms with Crippen LogP contribution in [0.1, 0.15) is 52.7 Å². The van der Waals surface area contributed by atoms with Gasteiger partial charge < -0.3 is 0 Å². The quantitative estimate of drug-likeness (QED) is 0.517. The van der Waals surface area contributed by atoms with Crippen LogP contribution in [-0.2, 0) is 10.8 Å². The van der Waals surface area contributed by atoms with Gasteiger partial charge in [-0.1, -0.05) is 71.0 Å². The van der Waals surface area contributed by atoms with E-state index in [0.29, 0.717) is 0 Å². The van der Waals surface area contributed by atoms with Crippen molar-refractivity contribution in [2.45, 2.75) is 52.4 Å². The van der Waals surface area contributed by atoms with Crippen LogP contribution < -0.4 is 5.43 Å². The van der Waals surface area contributed by atoms with Crippen LogP contribution in [0.5, 0.6) is 0 Å². The summed E-state index contributed by atoms with van der Waals surface area (Å²) in [6.45, 7) is 13.2. The van der Waals surface area contributed by atoms with Crippen molar-refractivity contribution in [1.29, 1.82) is 0 Å². The number of anilines is 1. The summed E-state index contributed by atoms with van der Waals surface area (Å²) in [6, 6.07) is 16.5. The second kappa shape index (κ2) is 6.53. The van der Waals surface area contributed by atoms with Crippen molar-refractivity contribution < 1.29 is 0 Å². The van der Waals surface area contributed by atoms with Gasteiger partial charge in [0.25, 0.3) is 0 Å². The molecule has 0 amide bonds. The van der Waals surface area contributed by atoms with Crippen molar-refractivity contribution in [3.8, 4) is 0 Å². The van der Waals surface area contributed by atoms with E-state index in [-0.39, 0.29) is 10.8 Å². The van der Waals surface area contributed by atoms with Crippen LogP contribution in [0.3, 0.4) is 0 Å². The maximum absolute atomic E-state index is 4.28. The highest BCUT2D eigenvalue weighted by atomic mass is 15.4. The molecule has 0 fully saturated rings. The van der Waals surface area contributed by atoms with E-state index in [2.05, 4.69) is 81.6 Å². The van der Waals surface area contributed by atoms with Gasteiger partial charge in [-0.15, -0.1) is 5.11 Å². The summed E-state index contributed by atoms with van der Waals surface area (Å²) < 4.78 is 0. The van der Waals surface area contributed by atoms with Crippen molar-refractivity contribution in [2.24, 2.45) is 10.3 Å². The Bertz CT molecular complexity index is 689. The van der Waals surface area contributed by atoms with Gasteiger partial charge in [0, 0.05) is 0 Å². The van der Waals surface area contributed by atoms with Gasteiger partial charge in [0.2, 0.25) is 0 Å². The highest BCUT2D eigenvalue weighted by Crippen LogP contribution is 2.27. The fourth-order valence-corrected chi connectivity index (χ4v) is 2.23. The molecule has 2 aromatic rings. The summed E-state index contributed by atoms with van der Waals surface area (Å²) in [4.78, 5) is 0. The van der Waals surface area contributed by atoms with Crippen LogP contribution in [-0.4, -0.2) is 0 Å². The molecule has 3 nitrogen and oxygen atoms in total. The lowest BCUT2D eigenvalue weighted by Gasteiger charge is -2.19. The molecule has 0 atom stereocenters. The van der Waals surface area contributed by atoms with Gasteiger partial charge in [0.05, 0.1) is 11.4 Å². The van der Waals surface area contributed by atoms with Gasteiger partial charge in [-0.2, -0.15) is 0 Å². The second-order valence-electron chi connectivity index (χ2n) is 7.94. The molecule has 0 bridgehead atoms. The minimum absolute atomic E-state index is 0.111. The third-order valence-electron chi connectivity index (χ3n) is 3.79. The lowest BCUT2D eigenvalue weighted by Crippen LogP contribution is -2.10. The molecular formula is C20H27N3. The largest absolute Gasteiger partial charge is 0.260 e. The molecule has 0 saturated heterocycles. The van der Waals surface area contributed by atoms with Crippen molar-refractivity contribution in [1.82, 2.24) is 0 Å². The highest BCUT2D eigenvalue weighted by Gasteiger charge is 2.14. The zero-order valence-electron chi connectivity index (χ0n) is 15.0. The first kappa shape index (κ1) is 17.2. The van der Waals surface area contributed by atoms with Crippen LogP contribution in [0.4, 0.5) is 11.4 Å². The third-order valence-corrected chi connectivity index (χ3v) is 3.79. The van der Waals surface area contributed by atoms with Crippen LogP contribution in [0.25, 0.3) is 0 Å². The van der Waals surface area contributed by atoms with E-state index in [0.717, 1.165) is 11.4 Å². The van der Waals surface area contributed by atoms with Gasteiger partial charge in [-0.3, -0.25) is 5.43 Å². The van der Waals surface area contributed by atoms with E-state index in [1.165, 1.54) is 11.1 Å². The minimum Gasteiger partial charge on any atom is -0.260 e. The van der Waals surface area contributed by atoms with Crippen LogP contribution in [0, 0.1) is 0 Å². The number of rotatable bonds is 3. The molecule has 3 heteroatoms. The Hall–Kier alpha value is -2.16.